The van der Waals surface area contributed by atoms with Crippen LogP contribution in [-0.4, -0.2) is 51.4 Å². The lowest BCUT2D eigenvalue weighted by molar-refractivity contribution is -0.0211. The van der Waals surface area contributed by atoms with Crippen molar-refractivity contribution in [1.29, 1.82) is 0 Å². The molecule has 1 saturated carbocycles. The lowest BCUT2D eigenvalue weighted by atomic mass is 10.1. The van der Waals surface area contributed by atoms with E-state index in [-0.39, 0.29) is 6.42 Å². The van der Waals surface area contributed by atoms with Gasteiger partial charge in [-0.25, -0.2) is 4.79 Å². The Hall–Kier alpha value is -0.940. The molecule has 14 heteroatoms. The van der Waals surface area contributed by atoms with Crippen LogP contribution >= 0.6 is 14.3 Å². The summed E-state index contributed by atoms with van der Waals surface area (Å²) in [5.74, 6) is 0.526. The van der Waals surface area contributed by atoms with Crippen LogP contribution < -0.4 is 11.2 Å². The fourth-order valence-electron chi connectivity index (χ4n) is 3.40. The van der Waals surface area contributed by atoms with Gasteiger partial charge in [0.1, 0.15) is 6.10 Å². The van der Waals surface area contributed by atoms with Gasteiger partial charge in [0.15, 0.2) is 0 Å². The molecule has 0 aliphatic heterocycles. The second kappa shape index (κ2) is 9.91. The van der Waals surface area contributed by atoms with Crippen molar-refractivity contribution >= 4 is 26.1 Å². The topological polar surface area (TPSA) is 149 Å². The molecule has 0 spiro atoms. The van der Waals surface area contributed by atoms with Crippen molar-refractivity contribution in [2.45, 2.75) is 51.0 Å². The lowest BCUT2D eigenvalue weighted by Crippen LogP contribution is -2.39. The molecule has 1 aliphatic carbocycles. The minimum atomic E-state index is -3.94. The van der Waals surface area contributed by atoms with E-state index in [9.17, 15) is 23.9 Å². The number of hydrogen-bond donors (Lipinski definition) is 3. The molecular weight excluding hydrogens is 470 g/mol. The molecule has 3 unspecified atom stereocenters. The molecule has 1 aliphatic rings. The summed E-state index contributed by atoms with van der Waals surface area (Å²) < 4.78 is 34.5. The Morgan fingerprint density at radius 1 is 1.26 bits per heavy atom. The van der Waals surface area contributed by atoms with Gasteiger partial charge in [0.05, 0.1) is 17.7 Å². The van der Waals surface area contributed by atoms with Gasteiger partial charge in [-0.05, 0) is 39.0 Å². The Morgan fingerprint density at radius 2 is 1.90 bits per heavy atom. The van der Waals surface area contributed by atoms with E-state index in [4.69, 9.17) is 25.6 Å². The lowest BCUT2D eigenvalue weighted by Gasteiger charge is -2.32. The van der Waals surface area contributed by atoms with Gasteiger partial charge in [-0.1, -0.05) is 6.08 Å². The number of aromatic nitrogens is 2. The van der Waals surface area contributed by atoms with E-state index in [2.05, 4.69) is 9.51 Å². The number of H-pyrrole nitrogens is 1. The maximum Gasteiger partial charge on any atom is 0.351 e. The summed E-state index contributed by atoms with van der Waals surface area (Å²) in [7, 11) is -1.43. The average molecular weight is 498 g/mol. The Labute approximate surface area is 184 Å². The third kappa shape index (κ3) is 7.28. The fourth-order valence-corrected chi connectivity index (χ4v) is 6.23. The maximum atomic E-state index is 12.4. The first-order chi connectivity index (χ1) is 14.2. The van der Waals surface area contributed by atoms with Crippen LogP contribution in [0.3, 0.4) is 0 Å². The molecule has 0 saturated heterocycles. The summed E-state index contributed by atoms with van der Waals surface area (Å²) in [4.78, 5) is 46.4. The number of methoxy groups -OCH3 is 1. The molecule has 1 heterocycles. The van der Waals surface area contributed by atoms with Gasteiger partial charge in [-0.2, -0.15) is 0 Å². The van der Waals surface area contributed by atoms with Gasteiger partial charge in [0.2, 0.25) is 0 Å². The smallest absolute Gasteiger partial charge is 0.351 e. The maximum absolute atomic E-state index is 12.4. The van der Waals surface area contributed by atoms with E-state index in [1.807, 2.05) is 0 Å². The summed E-state index contributed by atoms with van der Waals surface area (Å²) in [6.07, 6.45) is 1.26. The standard InChI is InChI=1S/C17H28N2O9P2S/c1-17(2,3)28-30(24,31)27-15-12(19-8-6-13(20)18-16(19)21)10-11(14(15)25-4)7-9-29(22,23)26-5/h6-9,11-12,14-15H,10H2,1-5H3,(H,22,23)(H,24,31)(H,18,20,21)/b9-7+/t11-,12?,14+,15-,30?/m0/s1. The SMILES string of the molecule is CO[C@@H]1[C@@H](/C=C/P(=O)(O)OC)CC(n2ccc(=O)[nH]c2=O)[C@@H]1OP(O)(=S)OC(C)(C)C. The molecule has 0 bridgehead atoms. The Balaban J connectivity index is 2.48. The molecule has 11 nitrogen and oxygen atoms in total. The molecule has 176 valence electrons. The first kappa shape index (κ1) is 26.3. The van der Waals surface area contributed by atoms with Crippen molar-refractivity contribution < 1.29 is 32.7 Å². The number of aromatic amines is 1. The molecule has 1 aromatic rings. The number of hydrogen-bond acceptors (Lipinski definition) is 8. The fraction of sp³-hybridized carbons (Fsp3) is 0.647. The van der Waals surface area contributed by atoms with Gasteiger partial charge >= 0.3 is 20.0 Å². The molecule has 0 amide bonds. The highest BCUT2D eigenvalue weighted by Crippen LogP contribution is 2.54. The Morgan fingerprint density at radius 3 is 2.42 bits per heavy atom. The van der Waals surface area contributed by atoms with Crippen molar-refractivity contribution in [1.82, 2.24) is 9.55 Å². The summed E-state index contributed by atoms with van der Waals surface area (Å²) in [6, 6.07) is 0.458. The van der Waals surface area contributed by atoms with E-state index >= 15 is 0 Å². The van der Waals surface area contributed by atoms with Crippen LogP contribution in [0.25, 0.3) is 0 Å². The van der Waals surface area contributed by atoms with Crippen LogP contribution in [0.5, 0.6) is 0 Å². The summed E-state index contributed by atoms with van der Waals surface area (Å²) >= 11 is 5.17. The quantitative estimate of drug-likeness (QED) is 0.454. The average Bonchev–Trinajstić information content (AvgIpc) is 2.94. The minimum absolute atomic E-state index is 0.222. The van der Waals surface area contributed by atoms with Crippen molar-refractivity contribution in [3.63, 3.8) is 0 Å². The number of nitrogens with zero attached hydrogens (tertiary/aromatic N) is 1. The highest BCUT2D eigenvalue weighted by molar-refractivity contribution is 8.07. The first-order valence-electron chi connectivity index (χ1n) is 9.32. The van der Waals surface area contributed by atoms with Gasteiger partial charge in [-0.15, -0.1) is 0 Å². The predicted octanol–water partition coefficient (Wildman–Crippen LogP) is 1.88. The van der Waals surface area contributed by atoms with E-state index < -0.39 is 55.3 Å². The molecule has 3 N–H and O–H groups in total. The second-order valence-corrected chi connectivity index (χ2v) is 12.5. The zero-order valence-electron chi connectivity index (χ0n) is 17.8. The molecule has 0 aromatic carbocycles. The summed E-state index contributed by atoms with van der Waals surface area (Å²) in [5, 5.41) is 0. The third-order valence-corrected chi connectivity index (χ3v) is 7.39. The predicted molar refractivity (Wildman–Crippen MR) is 117 cm³/mol. The van der Waals surface area contributed by atoms with Gasteiger partial charge < -0.3 is 28.1 Å². The van der Waals surface area contributed by atoms with Crippen LogP contribution in [-0.2, 0) is 34.7 Å². The van der Waals surface area contributed by atoms with E-state index in [1.165, 1.54) is 30.0 Å². The van der Waals surface area contributed by atoms with Crippen molar-refractivity contribution in [2.75, 3.05) is 14.2 Å². The van der Waals surface area contributed by atoms with Crippen LogP contribution in [0, 0.1) is 5.92 Å². The van der Waals surface area contributed by atoms with E-state index in [0.29, 0.717) is 0 Å². The molecule has 1 fully saturated rings. The highest BCUT2D eigenvalue weighted by Gasteiger charge is 2.47. The van der Waals surface area contributed by atoms with Crippen LogP contribution in [0.4, 0.5) is 0 Å². The Kier molecular flexibility index (Phi) is 8.41. The van der Waals surface area contributed by atoms with Crippen molar-refractivity contribution in [3.05, 3.63) is 45.0 Å². The normalized spacial score (nSPS) is 28.5. The van der Waals surface area contributed by atoms with Crippen LogP contribution in [0.2, 0.25) is 0 Å². The van der Waals surface area contributed by atoms with E-state index in [1.54, 1.807) is 20.8 Å². The van der Waals surface area contributed by atoms with Gasteiger partial charge in [0.25, 0.3) is 5.56 Å². The molecule has 1 aromatic heterocycles. The number of ether oxygens (including phenoxy) is 1. The Bertz CT molecular complexity index is 1020. The summed E-state index contributed by atoms with van der Waals surface area (Å²) in [6.45, 7) is 1.34. The zero-order valence-corrected chi connectivity index (χ0v) is 20.4. The largest absolute Gasteiger partial charge is 0.378 e. The third-order valence-electron chi connectivity index (χ3n) is 4.55. The second-order valence-electron chi connectivity index (χ2n) is 8.02. The number of rotatable bonds is 8. The first-order valence-corrected chi connectivity index (χ1v) is 13.6. The molecule has 6 atom stereocenters. The highest BCUT2D eigenvalue weighted by atomic mass is 32.5. The number of nitrogens with one attached hydrogen (secondary N) is 1. The summed E-state index contributed by atoms with van der Waals surface area (Å²) in [5.41, 5.74) is -2.05. The molecular formula is C17H28N2O9P2S. The molecule has 0 radical (unpaired) electrons. The van der Waals surface area contributed by atoms with Crippen molar-refractivity contribution in [2.24, 2.45) is 5.92 Å². The molecule has 31 heavy (non-hydrogen) atoms. The van der Waals surface area contributed by atoms with Crippen molar-refractivity contribution in [3.8, 4) is 0 Å². The van der Waals surface area contributed by atoms with Crippen LogP contribution in [0.1, 0.15) is 33.2 Å². The molecule has 2 rings (SSSR count). The van der Waals surface area contributed by atoms with Gasteiger partial charge in [-0.3, -0.25) is 18.9 Å². The zero-order chi connectivity index (χ0) is 23.6. The minimum Gasteiger partial charge on any atom is -0.378 e. The van der Waals surface area contributed by atoms with E-state index in [0.717, 1.165) is 12.9 Å². The monoisotopic (exact) mass is 498 g/mol. The van der Waals surface area contributed by atoms with Gasteiger partial charge in [0, 0.05) is 38.2 Å². The van der Waals surface area contributed by atoms with Crippen LogP contribution in [0.15, 0.2) is 33.7 Å².